The predicted molar refractivity (Wildman–Crippen MR) is 84.0 cm³/mol. The monoisotopic (exact) mass is 340 g/mol. The van der Waals surface area contributed by atoms with Crippen molar-refractivity contribution < 1.29 is 13.9 Å². The van der Waals surface area contributed by atoms with Crippen LogP contribution in [0.2, 0.25) is 5.02 Å². The summed E-state index contributed by atoms with van der Waals surface area (Å²) < 4.78 is 20.3. The van der Waals surface area contributed by atoms with E-state index in [9.17, 15) is 9.18 Å². The maximum Gasteiger partial charge on any atom is 0.258 e. The second-order valence-corrected chi connectivity index (χ2v) is 5.66. The summed E-state index contributed by atoms with van der Waals surface area (Å²) >= 11 is 5.57. The number of benzene rings is 1. The van der Waals surface area contributed by atoms with Gasteiger partial charge in [0.05, 0.1) is 5.02 Å². The van der Waals surface area contributed by atoms with Crippen LogP contribution >= 0.6 is 11.6 Å². The maximum absolute atomic E-state index is 13.2. The quantitative estimate of drug-likeness (QED) is 0.840. The fourth-order valence-electron chi connectivity index (χ4n) is 1.97. The summed E-state index contributed by atoms with van der Waals surface area (Å²) in [4.78, 5) is 11.7. The van der Waals surface area contributed by atoms with Gasteiger partial charge in [0.1, 0.15) is 23.7 Å². The van der Waals surface area contributed by atoms with Crippen LogP contribution in [0.4, 0.5) is 4.39 Å². The lowest BCUT2D eigenvalue weighted by Crippen LogP contribution is -2.31. The Morgan fingerprint density at radius 2 is 2.26 bits per heavy atom. The number of aromatic nitrogens is 3. The molecule has 0 aliphatic rings. The molecule has 0 saturated carbocycles. The van der Waals surface area contributed by atoms with Gasteiger partial charge in [-0.15, -0.1) is 10.2 Å². The molecule has 1 heterocycles. The molecule has 0 bridgehead atoms. The van der Waals surface area contributed by atoms with E-state index < -0.39 is 5.82 Å². The standard InChI is InChI=1S/C15H18ClFN4O2/c1-10(2)15-20-19-9-21(15)6-5-18-14(22)8-23-11-3-4-12(16)13(17)7-11/h3-4,7,9-10H,5-6,8H2,1-2H3,(H,18,22). The van der Waals surface area contributed by atoms with E-state index in [1.54, 1.807) is 6.33 Å². The lowest BCUT2D eigenvalue weighted by molar-refractivity contribution is -0.123. The van der Waals surface area contributed by atoms with Gasteiger partial charge in [0.15, 0.2) is 6.61 Å². The zero-order chi connectivity index (χ0) is 16.8. The molecule has 2 rings (SSSR count). The average Bonchev–Trinajstić information content (AvgIpc) is 2.97. The van der Waals surface area contributed by atoms with Crippen molar-refractivity contribution in [2.45, 2.75) is 26.3 Å². The molecule has 6 nitrogen and oxygen atoms in total. The van der Waals surface area contributed by atoms with E-state index in [4.69, 9.17) is 16.3 Å². The van der Waals surface area contributed by atoms with E-state index >= 15 is 0 Å². The van der Waals surface area contributed by atoms with Crippen molar-refractivity contribution in [3.63, 3.8) is 0 Å². The summed E-state index contributed by atoms with van der Waals surface area (Å²) in [7, 11) is 0. The van der Waals surface area contributed by atoms with Gasteiger partial charge in [-0.2, -0.15) is 0 Å². The first kappa shape index (κ1) is 17.2. The molecule has 1 aromatic heterocycles. The minimum atomic E-state index is -0.585. The number of nitrogens with one attached hydrogen (secondary N) is 1. The number of ether oxygens (including phenoxy) is 1. The summed E-state index contributed by atoms with van der Waals surface area (Å²) in [6.07, 6.45) is 1.63. The van der Waals surface area contributed by atoms with E-state index in [0.29, 0.717) is 13.1 Å². The lowest BCUT2D eigenvalue weighted by atomic mass is 10.2. The van der Waals surface area contributed by atoms with Crippen molar-refractivity contribution in [1.82, 2.24) is 20.1 Å². The Hall–Kier alpha value is -2.15. The molecule has 0 aliphatic carbocycles. The molecule has 0 saturated heterocycles. The Bertz CT molecular complexity index is 675. The summed E-state index contributed by atoms with van der Waals surface area (Å²) in [6, 6.07) is 4.02. The highest BCUT2D eigenvalue weighted by Crippen LogP contribution is 2.20. The molecule has 0 unspecified atom stereocenters. The van der Waals surface area contributed by atoms with E-state index in [1.165, 1.54) is 12.1 Å². The molecular weight excluding hydrogens is 323 g/mol. The number of carbonyl (C=O) groups excluding carboxylic acids is 1. The largest absolute Gasteiger partial charge is 0.484 e. The van der Waals surface area contributed by atoms with Crippen LogP contribution in [-0.4, -0.2) is 33.8 Å². The second-order valence-electron chi connectivity index (χ2n) is 5.25. The molecule has 8 heteroatoms. The Morgan fingerprint density at radius 3 is 2.96 bits per heavy atom. The van der Waals surface area contributed by atoms with E-state index in [1.807, 2.05) is 18.4 Å². The Labute approximate surface area is 138 Å². The molecular formula is C15H18ClFN4O2. The Kier molecular flexibility index (Phi) is 5.92. The van der Waals surface area contributed by atoms with Crippen LogP contribution in [0.15, 0.2) is 24.5 Å². The van der Waals surface area contributed by atoms with Crippen LogP contribution in [0.5, 0.6) is 5.75 Å². The molecule has 2 aromatic rings. The SMILES string of the molecule is CC(C)c1nncn1CCNC(=O)COc1ccc(Cl)c(F)c1. The van der Waals surface area contributed by atoms with Gasteiger partial charge in [-0.1, -0.05) is 25.4 Å². The summed E-state index contributed by atoms with van der Waals surface area (Å²) in [6.45, 7) is 4.85. The van der Waals surface area contributed by atoms with Crippen molar-refractivity contribution >= 4 is 17.5 Å². The fraction of sp³-hybridized carbons (Fsp3) is 0.400. The van der Waals surface area contributed by atoms with Crippen molar-refractivity contribution in [3.05, 3.63) is 41.2 Å². The third-order valence-corrected chi connectivity index (χ3v) is 3.40. The van der Waals surface area contributed by atoms with Crippen molar-refractivity contribution in [3.8, 4) is 5.75 Å². The van der Waals surface area contributed by atoms with Crippen LogP contribution < -0.4 is 10.1 Å². The molecule has 1 amide bonds. The Morgan fingerprint density at radius 1 is 1.48 bits per heavy atom. The van der Waals surface area contributed by atoms with Crippen molar-refractivity contribution in [1.29, 1.82) is 0 Å². The maximum atomic E-state index is 13.2. The van der Waals surface area contributed by atoms with E-state index in [0.717, 1.165) is 11.9 Å². The molecule has 0 aliphatic heterocycles. The first-order valence-corrected chi connectivity index (χ1v) is 7.57. The van der Waals surface area contributed by atoms with Gasteiger partial charge in [-0.3, -0.25) is 4.79 Å². The molecule has 0 radical (unpaired) electrons. The van der Waals surface area contributed by atoms with E-state index in [2.05, 4.69) is 15.5 Å². The molecule has 23 heavy (non-hydrogen) atoms. The normalized spacial score (nSPS) is 10.8. The second kappa shape index (κ2) is 7.92. The minimum Gasteiger partial charge on any atom is -0.484 e. The summed E-state index contributed by atoms with van der Waals surface area (Å²) in [5.74, 6) is 0.504. The van der Waals surface area contributed by atoms with Crippen LogP contribution in [0.1, 0.15) is 25.6 Å². The summed E-state index contributed by atoms with van der Waals surface area (Å²) in [5.41, 5.74) is 0. The number of halogens is 2. The van der Waals surface area contributed by atoms with Gasteiger partial charge in [-0.05, 0) is 12.1 Å². The van der Waals surface area contributed by atoms with Crippen molar-refractivity contribution in [2.75, 3.05) is 13.2 Å². The highest BCUT2D eigenvalue weighted by molar-refractivity contribution is 6.30. The fourth-order valence-corrected chi connectivity index (χ4v) is 2.08. The molecule has 1 aromatic carbocycles. The van der Waals surface area contributed by atoms with Gasteiger partial charge in [0.25, 0.3) is 5.91 Å². The zero-order valence-electron chi connectivity index (χ0n) is 12.9. The topological polar surface area (TPSA) is 69.0 Å². The third kappa shape index (κ3) is 4.92. The number of hydrogen-bond donors (Lipinski definition) is 1. The zero-order valence-corrected chi connectivity index (χ0v) is 13.7. The number of amides is 1. The number of hydrogen-bond acceptors (Lipinski definition) is 4. The smallest absolute Gasteiger partial charge is 0.258 e. The number of rotatable bonds is 7. The average molecular weight is 341 g/mol. The van der Waals surface area contributed by atoms with Gasteiger partial charge < -0.3 is 14.6 Å². The third-order valence-electron chi connectivity index (χ3n) is 3.10. The van der Waals surface area contributed by atoms with Gasteiger partial charge in [-0.25, -0.2) is 4.39 Å². The first-order valence-electron chi connectivity index (χ1n) is 7.19. The predicted octanol–water partition coefficient (Wildman–Crippen LogP) is 2.39. The highest BCUT2D eigenvalue weighted by Gasteiger charge is 2.09. The van der Waals surface area contributed by atoms with Crippen LogP contribution in [0.3, 0.4) is 0 Å². The van der Waals surface area contributed by atoms with Gasteiger partial charge in [0.2, 0.25) is 0 Å². The van der Waals surface area contributed by atoms with Crippen LogP contribution in [0, 0.1) is 5.82 Å². The van der Waals surface area contributed by atoms with Gasteiger partial charge in [0, 0.05) is 25.1 Å². The lowest BCUT2D eigenvalue weighted by Gasteiger charge is -2.10. The first-order chi connectivity index (χ1) is 11.0. The van der Waals surface area contributed by atoms with Gasteiger partial charge >= 0.3 is 0 Å². The van der Waals surface area contributed by atoms with E-state index in [-0.39, 0.29) is 29.2 Å². The highest BCUT2D eigenvalue weighted by atomic mass is 35.5. The number of nitrogens with zero attached hydrogens (tertiary/aromatic N) is 3. The number of carbonyl (C=O) groups is 1. The van der Waals surface area contributed by atoms with Crippen LogP contribution in [0.25, 0.3) is 0 Å². The molecule has 124 valence electrons. The molecule has 0 spiro atoms. The molecule has 1 N–H and O–H groups in total. The summed E-state index contributed by atoms with van der Waals surface area (Å²) in [5, 5.41) is 10.6. The molecule has 0 fully saturated rings. The van der Waals surface area contributed by atoms with Crippen LogP contribution in [-0.2, 0) is 11.3 Å². The Balaban J connectivity index is 1.75. The van der Waals surface area contributed by atoms with Crippen molar-refractivity contribution in [2.24, 2.45) is 0 Å². The molecule has 0 atom stereocenters. The minimum absolute atomic E-state index is 0.0108.